The largest absolute Gasteiger partial charge is 0.469 e. The molecule has 0 fully saturated rings. The molecule has 2 aromatic heterocycles. The lowest BCUT2D eigenvalue weighted by Gasteiger charge is -2.16. The van der Waals surface area contributed by atoms with Crippen LogP contribution in [0, 0.1) is 6.92 Å². The van der Waals surface area contributed by atoms with Crippen molar-refractivity contribution in [2.24, 2.45) is 7.05 Å². The van der Waals surface area contributed by atoms with Crippen LogP contribution in [-0.2, 0) is 13.6 Å². The van der Waals surface area contributed by atoms with Gasteiger partial charge in [0.2, 0.25) is 0 Å². The number of hydrogen-bond donors (Lipinski definition) is 0. The van der Waals surface area contributed by atoms with Crippen LogP contribution >= 0.6 is 0 Å². The van der Waals surface area contributed by atoms with Crippen molar-refractivity contribution in [3.05, 3.63) is 57.9 Å². The molecule has 0 N–H and O–H groups in total. The fourth-order valence-corrected chi connectivity index (χ4v) is 1.80. The van der Waals surface area contributed by atoms with Gasteiger partial charge in [-0.25, -0.2) is 0 Å². The van der Waals surface area contributed by atoms with Crippen molar-refractivity contribution in [2.75, 3.05) is 7.05 Å². The first kappa shape index (κ1) is 13.1. The maximum atomic E-state index is 12.2. The van der Waals surface area contributed by atoms with Crippen LogP contribution in [-0.4, -0.2) is 22.4 Å². The van der Waals surface area contributed by atoms with Gasteiger partial charge in [-0.3, -0.25) is 9.59 Å². The number of nitrogens with zero attached hydrogens (tertiary/aromatic N) is 2. The number of furan rings is 1. The first-order chi connectivity index (χ1) is 8.99. The molecule has 0 aliphatic rings. The Bertz CT molecular complexity index is 655. The second-order valence-electron chi connectivity index (χ2n) is 4.53. The van der Waals surface area contributed by atoms with Crippen molar-refractivity contribution >= 4 is 5.91 Å². The molecule has 0 aliphatic carbocycles. The van der Waals surface area contributed by atoms with Gasteiger partial charge in [-0.2, -0.15) is 0 Å². The highest BCUT2D eigenvalue weighted by Gasteiger charge is 2.14. The summed E-state index contributed by atoms with van der Waals surface area (Å²) in [5.74, 6) is 0.613. The Morgan fingerprint density at radius 3 is 2.74 bits per heavy atom. The van der Waals surface area contributed by atoms with Gasteiger partial charge in [0.25, 0.3) is 11.5 Å². The zero-order valence-electron chi connectivity index (χ0n) is 11.2. The Morgan fingerprint density at radius 2 is 2.16 bits per heavy atom. The van der Waals surface area contributed by atoms with Crippen LogP contribution in [0.3, 0.4) is 0 Å². The highest BCUT2D eigenvalue weighted by molar-refractivity contribution is 5.93. The minimum absolute atomic E-state index is 0.182. The Kier molecular flexibility index (Phi) is 3.55. The van der Waals surface area contributed by atoms with Crippen molar-refractivity contribution in [2.45, 2.75) is 13.5 Å². The van der Waals surface area contributed by atoms with Gasteiger partial charge in [-0.1, -0.05) is 0 Å². The number of amides is 1. The minimum Gasteiger partial charge on any atom is -0.469 e. The van der Waals surface area contributed by atoms with E-state index in [0.717, 1.165) is 11.3 Å². The zero-order chi connectivity index (χ0) is 14.0. The van der Waals surface area contributed by atoms with E-state index in [1.165, 1.54) is 10.6 Å². The number of aromatic nitrogens is 1. The van der Waals surface area contributed by atoms with Crippen LogP contribution in [0.1, 0.15) is 21.7 Å². The van der Waals surface area contributed by atoms with E-state index in [4.69, 9.17) is 4.42 Å². The van der Waals surface area contributed by atoms with E-state index in [2.05, 4.69) is 0 Å². The molecular formula is C14H16N2O3. The number of rotatable bonds is 3. The molecule has 5 heteroatoms. The summed E-state index contributed by atoms with van der Waals surface area (Å²) in [5, 5.41) is 0. The maximum Gasteiger partial charge on any atom is 0.254 e. The van der Waals surface area contributed by atoms with E-state index in [0.29, 0.717) is 12.1 Å². The lowest BCUT2D eigenvalue weighted by atomic mass is 10.2. The topological polar surface area (TPSA) is 55.5 Å². The van der Waals surface area contributed by atoms with E-state index in [1.54, 1.807) is 37.5 Å². The Labute approximate surface area is 111 Å². The normalized spacial score (nSPS) is 10.5. The fraction of sp³-hybridized carbons (Fsp3) is 0.286. The van der Waals surface area contributed by atoms with Gasteiger partial charge in [0, 0.05) is 44.0 Å². The average Bonchev–Trinajstić information content (AvgIpc) is 2.77. The van der Waals surface area contributed by atoms with Crippen molar-refractivity contribution in [3.63, 3.8) is 0 Å². The second kappa shape index (κ2) is 5.14. The van der Waals surface area contributed by atoms with Crippen LogP contribution in [0.25, 0.3) is 0 Å². The van der Waals surface area contributed by atoms with Crippen LogP contribution in [0.5, 0.6) is 0 Å². The molecule has 0 radical (unpaired) electrons. The summed E-state index contributed by atoms with van der Waals surface area (Å²) in [5.41, 5.74) is 1.16. The first-order valence-corrected chi connectivity index (χ1v) is 5.94. The molecule has 0 aliphatic heterocycles. The molecule has 0 saturated heterocycles. The second-order valence-corrected chi connectivity index (χ2v) is 4.53. The average molecular weight is 260 g/mol. The quantitative estimate of drug-likeness (QED) is 0.841. The Morgan fingerprint density at radius 1 is 1.42 bits per heavy atom. The minimum atomic E-state index is -0.196. The summed E-state index contributed by atoms with van der Waals surface area (Å²) in [6, 6.07) is 4.83. The van der Waals surface area contributed by atoms with Crippen molar-refractivity contribution in [1.82, 2.24) is 9.47 Å². The third kappa shape index (κ3) is 2.76. The van der Waals surface area contributed by atoms with Gasteiger partial charge in [0.1, 0.15) is 5.76 Å². The number of pyridine rings is 1. The first-order valence-electron chi connectivity index (χ1n) is 5.94. The van der Waals surface area contributed by atoms with Gasteiger partial charge in [0.05, 0.1) is 6.26 Å². The molecule has 0 atom stereocenters. The van der Waals surface area contributed by atoms with Crippen LogP contribution in [0.15, 0.2) is 39.9 Å². The molecular weight excluding hydrogens is 244 g/mol. The van der Waals surface area contributed by atoms with Crippen molar-refractivity contribution in [3.8, 4) is 0 Å². The summed E-state index contributed by atoms with van der Waals surface area (Å²) in [6.07, 6.45) is 3.19. The van der Waals surface area contributed by atoms with E-state index >= 15 is 0 Å². The molecule has 1 amide bonds. The summed E-state index contributed by atoms with van der Waals surface area (Å²) >= 11 is 0. The SMILES string of the molecule is Cc1occc1CN(C)C(=O)c1ccn(C)c(=O)c1. The molecule has 2 heterocycles. The molecule has 0 unspecified atom stereocenters. The van der Waals surface area contributed by atoms with Gasteiger partial charge in [0.15, 0.2) is 0 Å². The summed E-state index contributed by atoms with van der Waals surface area (Å²) in [7, 11) is 3.35. The van der Waals surface area contributed by atoms with Crippen molar-refractivity contribution < 1.29 is 9.21 Å². The van der Waals surface area contributed by atoms with Crippen LogP contribution in [0.4, 0.5) is 0 Å². The van der Waals surface area contributed by atoms with Gasteiger partial charge in [-0.05, 0) is 19.1 Å². The number of carbonyl (C=O) groups is 1. The zero-order valence-corrected chi connectivity index (χ0v) is 11.2. The molecule has 19 heavy (non-hydrogen) atoms. The molecule has 0 spiro atoms. The molecule has 100 valence electrons. The third-order valence-corrected chi connectivity index (χ3v) is 3.07. The molecule has 2 aromatic rings. The molecule has 0 aromatic carbocycles. The van der Waals surface area contributed by atoms with E-state index in [1.807, 2.05) is 13.0 Å². The van der Waals surface area contributed by atoms with Gasteiger partial charge >= 0.3 is 0 Å². The Hall–Kier alpha value is -2.30. The molecule has 0 saturated carbocycles. The fourth-order valence-electron chi connectivity index (χ4n) is 1.80. The monoisotopic (exact) mass is 260 g/mol. The molecule has 5 nitrogen and oxygen atoms in total. The van der Waals surface area contributed by atoms with Crippen LogP contribution < -0.4 is 5.56 Å². The highest BCUT2D eigenvalue weighted by Crippen LogP contribution is 2.12. The van der Waals surface area contributed by atoms with Gasteiger partial charge < -0.3 is 13.9 Å². The standard InChI is InChI=1S/C14H16N2O3/c1-10-12(5-7-19-10)9-16(3)14(18)11-4-6-15(2)13(17)8-11/h4-8H,9H2,1-3H3. The number of aryl methyl sites for hydroxylation is 2. The highest BCUT2D eigenvalue weighted by atomic mass is 16.3. The summed E-state index contributed by atoms with van der Waals surface area (Å²) < 4.78 is 6.62. The predicted molar refractivity (Wildman–Crippen MR) is 70.9 cm³/mol. The maximum absolute atomic E-state index is 12.2. The molecule has 2 rings (SSSR count). The van der Waals surface area contributed by atoms with Gasteiger partial charge in [-0.15, -0.1) is 0 Å². The van der Waals surface area contributed by atoms with Crippen molar-refractivity contribution in [1.29, 1.82) is 0 Å². The van der Waals surface area contributed by atoms with E-state index in [-0.39, 0.29) is 11.5 Å². The predicted octanol–water partition coefficient (Wildman–Crippen LogP) is 1.56. The summed E-state index contributed by atoms with van der Waals surface area (Å²) in [6.45, 7) is 2.31. The number of carbonyl (C=O) groups excluding carboxylic acids is 1. The molecule has 0 bridgehead atoms. The third-order valence-electron chi connectivity index (χ3n) is 3.07. The smallest absolute Gasteiger partial charge is 0.254 e. The van der Waals surface area contributed by atoms with E-state index < -0.39 is 0 Å². The number of hydrogen-bond acceptors (Lipinski definition) is 3. The lowest BCUT2D eigenvalue weighted by Crippen LogP contribution is -2.28. The Balaban J connectivity index is 2.17. The lowest BCUT2D eigenvalue weighted by molar-refractivity contribution is 0.0784. The van der Waals surface area contributed by atoms with E-state index in [9.17, 15) is 9.59 Å². The van der Waals surface area contributed by atoms with Crippen LogP contribution in [0.2, 0.25) is 0 Å². The summed E-state index contributed by atoms with van der Waals surface area (Å²) in [4.78, 5) is 25.3.